The molecule has 84 valence electrons. The average Bonchev–Trinajstić information content (AvgIpc) is 2.57. The third-order valence-corrected chi connectivity index (χ3v) is 4.04. The van der Waals surface area contributed by atoms with Crippen molar-refractivity contribution < 1.29 is 4.79 Å². The first-order valence-electron chi connectivity index (χ1n) is 5.74. The largest absolute Gasteiger partial charge is 0.298 e. The lowest BCUT2D eigenvalue weighted by Crippen LogP contribution is -2.31. The number of ketones is 1. The van der Waals surface area contributed by atoms with E-state index < -0.39 is 0 Å². The minimum Gasteiger partial charge on any atom is -0.298 e. The standard InChI is InChI=1S/C13H14ClNO/c14-10-3-1-9(2-4-10)11-5-6-15-7-12(11)13(16)8-15/h1-4,11-12H,5-8H2/t11-,12?/m0/s1. The van der Waals surface area contributed by atoms with Crippen LogP contribution in [0.15, 0.2) is 24.3 Å². The third kappa shape index (κ3) is 1.66. The first-order chi connectivity index (χ1) is 7.74. The molecule has 0 spiro atoms. The van der Waals surface area contributed by atoms with Gasteiger partial charge < -0.3 is 0 Å². The van der Waals surface area contributed by atoms with E-state index in [2.05, 4.69) is 17.0 Å². The molecule has 0 saturated carbocycles. The topological polar surface area (TPSA) is 20.3 Å². The zero-order valence-corrected chi connectivity index (χ0v) is 9.78. The molecule has 0 radical (unpaired) electrons. The van der Waals surface area contributed by atoms with Gasteiger partial charge in [0.25, 0.3) is 0 Å². The third-order valence-electron chi connectivity index (χ3n) is 3.79. The summed E-state index contributed by atoms with van der Waals surface area (Å²) in [5.41, 5.74) is 1.27. The van der Waals surface area contributed by atoms with Crippen molar-refractivity contribution in [3.8, 4) is 0 Å². The van der Waals surface area contributed by atoms with Gasteiger partial charge in [-0.15, -0.1) is 0 Å². The Balaban J connectivity index is 1.89. The molecule has 2 unspecified atom stereocenters. The lowest BCUT2D eigenvalue weighted by atomic mass is 9.81. The Bertz CT molecular complexity index is 414. The summed E-state index contributed by atoms with van der Waals surface area (Å²) < 4.78 is 0. The fraction of sp³-hybridized carbons (Fsp3) is 0.462. The Labute approximate surface area is 100 Å². The molecule has 2 nitrogen and oxygen atoms in total. The van der Waals surface area contributed by atoms with Crippen molar-refractivity contribution in [1.29, 1.82) is 0 Å². The number of nitrogens with zero attached hydrogens (tertiary/aromatic N) is 1. The van der Waals surface area contributed by atoms with Gasteiger partial charge in [0.15, 0.2) is 5.78 Å². The smallest absolute Gasteiger partial charge is 0.151 e. The molecule has 1 aromatic rings. The van der Waals surface area contributed by atoms with Gasteiger partial charge in [0.2, 0.25) is 0 Å². The number of carbonyl (C=O) groups is 1. The molecule has 2 aliphatic heterocycles. The zero-order chi connectivity index (χ0) is 11.1. The Hall–Kier alpha value is -0.860. The van der Waals surface area contributed by atoms with Crippen LogP contribution in [0.1, 0.15) is 17.9 Å². The van der Waals surface area contributed by atoms with Crippen molar-refractivity contribution in [3.63, 3.8) is 0 Å². The van der Waals surface area contributed by atoms with Gasteiger partial charge in [-0.3, -0.25) is 9.69 Å². The first-order valence-corrected chi connectivity index (χ1v) is 6.12. The lowest BCUT2D eigenvalue weighted by molar-refractivity contribution is -0.120. The molecule has 3 atom stereocenters. The summed E-state index contributed by atoms with van der Waals surface area (Å²) in [5.74, 6) is 1.04. The second-order valence-electron chi connectivity index (χ2n) is 4.75. The van der Waals surface area contributed by atoms with Gasteiger partial charge in [-0.2, -0.15) is 0 Å². The number of Topliss-reactive ketones (excluding diaryl/α,β-unsaturated/α-hetero) is 1. The van der Waals surface area contributed by atoms with E-state index in [0.717, 1.165) is 24.5 Å². The molecular formula is C13H14ClNO. The maximum Gasteiger partial charge on any atom is 0.151 e. The van der Waals surface area contributed by atoms with E-state index in [4.69, 9.17) is 11.6 Å². The summed E-state index contributed by atoms with van der Waals surface area (Å²) >= 11 is 5.88. The number of fused-ring (bicyclic) bond motifs is 2. The van der Waals surface area contributed by atoms with Gasteiger partial charge in [0.05, 0.1) is 6.54 Å². The Morgan fingerprint density at radius 1 is 1.19 bits per heavy atom. The normalized spacial score (nSPS) is 33.1. The predicted octanol–water partition coefficient (Wildman–Crippen LogP) is 2.33. The van der Waals surface area contributed by atoms with E-state index in [1.807, 2.05) is 12.1 Å². The molecule has 3 heteroatoms. The van der Waals surface area contributed by atoms with E-state index in [1.54, 1.807) is 0 Å². The second-order valence-corrected chi connectivity index (χ2v) is 5.19. The van der Waals surface area contributed by atoms with Gasteiger partial charge in [0.1, 0.15) is 0 Å². The van der Waals surface area contributed by atoms with Crippen LogP contribution in [0.25, 0.3) is 0 Å². The molecule has 0 aromatic heterocycles. The minimum atomic E-state index is 0.218. The molecule has 2 fully saturated rings. The van der Waals surface area contributed by atoms with Crippen molar-refractivity contribution >= 4 is 17.4 Å². The highest BCUT2D eigenvalue weighted by atomic mass is 35.5. The number of benzene rings is 1. The van der Waals surface area contributed by atoms with E-state index in [0.29, 0.717) is 18.2 Å². The number of hydrogen-bond acceptors (Lipinski definition) is 2. The van der Waals surface area contributed by atoms with Gasteiger partial charge in [0, 0.05) is 17.5 Å². The monoisotopic (exact) mass is 235 g/mol. The second kappa shape index (κ2) is 3.86. The van der Waals surface area contributed by atoms with E-state index in [9.17, 15) is 4.79 Å². The predicted molar refractivity (Wildman–Crippen MR) is 63.7 cm³/mol. The molecule has 16 heavy (non-hydrogen) atoms. The van der Waals surface area contributed by atoms with Crippen molar-refractivity contribution in [2.24, 2.45) is 5.92 Å². The van der Waals surface area contributed by atoms with Crippen LogP contribution in [-0.2, 0) is 4.79 Å². The molecule has 2 saturated heterocycles. The van der Waals surface area contributed by atoms with Crippen LogP contribution in [0, 0.1) is 5.92 Å². The van der Waals surface area contributed by atoms with Crippen molar-refractivity contribution in [2.75, 3.05) is 19.6 Å². The van der Waals surface area contributed by atoms with E-state index >= 15 is 0 Å². The number of piperidine rings is 1. The van der Waals surface area contributed by atoms with Crippen molar-refractivity contribution in [2.45, 2.75) is 12.3 Å². The molecule has 2 bridgehead atoms. The van der Waals surface area contributed by atoms with Gasteiger partial charge in [-0.1, -0.05) is 23.7 Å². The van der Waals surface area contributed by atoms with Crippen LogP contribution >= 0.6 is 11.6 Å². The van der Waals surface area contributed by atoms with Gasteiger partial charge in [-0.25, -0.2) is 0 Å². The minimum absolute atomic E-state index is 0.218. The summed E-state index contributed by atoms with van der Waals surface area (Å²) in [7, 11) is 0. The average molecular weight is 236 g/mol. The highest BCUT2D eigenvalue weighted by Crippen LogP contribution is 2.37. The fourth-order valence-corrected chi connectivity index (χ4v) is 3.06. The summed E-state index contributed by atoms with van der Waals surface area (Å²) in [5, 5.41) is 0.763. The van der Waals surface area contributed by atoms with Crippen LogP contribution in [-0.4, -0.2) is 30.3 Å². The maximum atomic E-state index is 11.8. The molecule has 1 aromatic carbocycles. The number of rotatable bonds is 1. The molecule has 0 amide bonds. The summed E-state index contributed by atoms with van der Waals surface area (Å²) in [4.78, 5) is 14.1. The zero-order valence-electron chi connectivity index (χ0n) is 9.03. The SMILES string of the molecule is O=C1CN2CC[C@@H](c3ccc(Cl)cc3)C1C2. The lowest BCUT2D eigenvalue weighted by Gasteiger charge is -2.29. The molecule has 2 aliphatic rings. The molecule has 3 rings (SSSR count). The van der Waals surface area contributed by atoms with Crippen LogP contribution in [0.5, 0.6) is 0 Å². The van der Waals surface area contributed by atoms with Crippen LogP contribution in [0.3, 0.4) is 0 Å². The van der Waals surface area contributed by atoms with Crippen molar-refractivity contribution in [3.05, 3.63) is 34.9 Å². The van der Waals surface area contributed by atoms with Crippen molar-refractivity contribution in [1.82, 2.24) is 4.90 Å². The van der Waals surface area contributed by atoms with Crippen LogP contribution in [0.4, 0.5) is 0 Å². The summed E-state index contributed by atoms with van der Waals surface area (Å²) in [6.07, 6.45) is 1.10. The Kier molecular flexibility index (Phi) is 2.49. The summed E-state index contributed by atoms with van der Waals surface area (Å²) in [6.45, 7) is 2.66. The van der Waals surface area contributed by atoms with E-state index in [-0.39, 0.29) is 5.92 Å². The van der Waals surface area contributed by atoms with E-state index in [1.165, 1.54) is 5.56 Å². The van der Waals surface area contributed by atoms with Gasteiger partial charge in [-0.05, 0) is 36.6 Å². The Morgan fingerprint density at radius 2 is 1.94 bits per heavy atom. The molecule has 2 heterocycles. The highest BCUT2D eigenvalue weighted by Gasteiger charge is 2.40. The summed E-state index contributed by atoms with van der Waals surface area (Å²) in [6, 6.07) is 7.97. The highest BCUT2D eigenvalue weighted by molar-refractivity contribution is 6.30. The maximum absolute atomic E-state index is 11.8. The number of carbonyl (C=O) groups excluding carboxylic acids is 1. The molecule has 0 aliphatic carbocycles. The Morgan fingerprint density at radius 3 is 2.69 bits per heavy atom. The molecule has 0 N–H and O–H groups in total. The van der Waals surface area contributed by atoms with Crippen LogP contribution in [0.2, 0.25) is 5.02 Å². The molecular weight excluding hydrogens is 222 g/mol. The first kappa shape index (κ1) is 10.3. The number of hydrogen-bond donors (Lipinski definition) is 0. The quantitative estimate of drug-likeness (QED) is 0.745. The number of halogens is 1. The fourth-order valence-electron chi connectivity index (χ4n) is 2.94. The van der Waals surface area contributed by atoms with Crippen LogP contribution < -0.4 is 0 Å². The van der Waals surface area contributed by atoms with Gasteiger partial charge >= 0.3 is 0 Å².